The molecule has 0 fully saturated rings. The van der Waals surface area contributed by atoms with Crippen molar-refractivity contribution in [3.05, 3.63) is 59.9 Å². The summed E-state index contributed by atoms with van der Waals surface area (Å²) in [7, 11) is 0. The average Bonchev–Trinajstić information content (AvgIpc) is 2.75. The van der Waals surface area contributed by atoms with E-state index in [-0.39, 0.29) is 43.7 Å². The van der Waals surface area contributed by atoms with Gasteiger partial charge in [-0.25, -0.2) is 4.39 Å². The van der Waals surface area contributed by atoms with Crippen LogP contribution in [-0.4, -0.2) is 49.0 Å². The third-order valence-electron chi connectivity index (χ3n) is 4.70. The van der Waals surface area contributed by atoms with Crippen molar-refractivity contribution in [2.45, 2.75) is 19.9 Å². The van der Waals surface area contributed by atoms with E-state index >= 15 is 0 Å². The van der Waals surface area contributed by atoms with Gasteiger partial charge in [-0.05, 0) is 36.8 Å². The topological polar surface area (TPSA) is 76.2 Å². The molecule has 2 amide bonds. The largest absolute Gasteiger partial charge is 0.482 e. The molecule has 1 aliphatic rings. The molecule has 0 saturated heterocycles. The number of likely N-dealkylation sites (N-methyl/N-ethyl adjacent to an activating group) is 1. The highest BCUT2D eigenvalue weighted by molar-refractivity contribution is 5.98. The van der Waals surface area contributed by atoms with Crippen molar-refractivity contribution in [3.63, 3.8) is 0 Å². The van der Waals surface area contributed by atoms with Gasteiger partial charge in [-0.3, -0.25) is 14.4 Å². The molecule has 8 heteroatoms. The quantitative estimate of drug-likeness (QED) is 0.621. The van der Waals surface area contributed by atoms with E-state index in [2.05, 4.69) is 0 Å². The van der Waals surface area contributed by atoms with Gasteiger partial charge in [0, 0.05) is 19.6 Å². The summed E-state index contributed by atoms with van der Waals surface area (Å²) in [5.41, 5.74) is 1.26. The number of para-hydroxylation sites is 2. The predicted octanol–water partition coefficient (Wildman–Crippen LogP) is 2.53. The minimum absolute atomic E-state index is 0.0522. The van der Waals surface area contributed by atoms with E-state index in [1.807, 2.05) is 0 Å². The summed E-state index contributed by atoms with van der Waals surface area (Å²) in [5.74, 6) is -0.993. The lowest BCUT2D eigenvalue weighted by Gasteiger charge is -2.29. The third kappa shape index (κ3) is 5.34. The molecule has 0 radical (unpaired) electrons. The van der Waals surface area contributed by atoms with Crippen LogP contribution in [0.3, 0.4) is 0 Å². The number of amides is 2. The van der Waals surface area contributed by atoms with Crippen LogP contribution < -0.4 is 9.64 Å². The number of benzene rings is 2. The highest BCUT2D eigenvalue weighted by Crippen LogP contribution is 2.31. The van der Waals surface area contributed by atoms with E-state index in [1.54, 1.807) is 43.3 Å². The molecular formula is C22H23FN2O5. The zero-order valence-electron chi connectivity index (χ0n) is 16.7. The van der Waals surface area contributed by atoms with Crippen molar-refractivity contribution in [3.8, 4) is 5.75 Å². The van der Waals surface area contributed by atoms with Gasteiger partial charge in [0.2, 0.25) is 0 Å². The zero-order chi connectivity index (χ0) is 21.5. The van der Waals surface area contributed by atoms with E-state index < -0.39 is 12.6 Å². The first-order valence-electron chi connectivity index (χ1n) is 9.68. The number of carbonyl (C=O) groups excluding carboxylic acids is 3. The minimum Gasteiger partial charge on any atom is -0.482 e. The Morgan fingerprint density at radius 3 is 2.77 bits per heavy atom. The smallest absolute Gasteiger partial charge is 0.308 e. The van der Waals surface area contributed by atoms with Gasteiger partial charge in [0.1, 0.15) is 11.6 Å². The van der Waals surface area contributed by atoms with E-state index in [9.17, 15) is 18.8 Å². The lowest BCUT2D eigenvalue weighted by molar-refractivity contribution is -0.152. The molecule has 0 aliphatic carbocycles. The van der Waals surface area contributed by atoms with Gasteiger partial charge in [0.15, 0.2) is 13.2 Å². The lowest BCUT2D eigenvalue weighted by Crippen LogP contribution is -2.40. The summed E-state index contributed by atoms with van der Waals surface area (Å²) in [4.78, 5) is 39.5. The average molecular weight is 414 g/mol. The van der Waals surface area contributed by atoms with Crippen molar-refractivity contribution in [1.29, 1.82) is 0 Å². The number of halogens is 1. The number of rotatable bonds is 8. The third-order valence-corrected chi connectivity index (χ3v) is 4.70. The predicted molar refractivity (Wildman–Crippen MR) is 107 cm³/mol. The Morgan fingerprint density at radius 1 is 1.20 bits per heavy atom. The number of anilines is 1. The highest BCUT2D eigenvalue weighted by Gasteiger charge is 2.25. The van der Waals surface area contributed by atoms with Gasteiger partial charge in [0.05, 0.1) is 12.1 Å². The van der Waals surface area contributed by atoms with Gasteiger partial charge >= 0.3 is 5.97 Å². The summed E-state index contributed by atoms with van der Waals surface area (Å²) >= 11 is 0. The summed E-state index contributed by atoms with van der Waals surface area (Å²) in [6.07, 6.45) is -0.0522. The lowest BCUT2D eigenvalue weighted by atomic mass is 10.2. The van der Waals surface area contributed by atoms with Gasteiger partial charge in [-0.15, -0.1) is 0 Å². The summed E-state index contributed by atoms with van der Waals surface area (Å²) in [6.45, 7) is 2.05. The molecule has 1 aliphatic heterocycles. The molecule has 0 spiro atoms. The van der Waals surface area contributed by atoms with Crippen molar-refractivity contribution in [2.24, 2.45) is 0 Å². The second-order valence-electron chi connectivity index (χ2n) is 6.75. The van der Waals surface area contributed by atoms with Crippen LogP contribution in [-0.2, 0) is 25.7 Å². The van der Waals surface area contributed by atoms with Crippen LogP contribution in [0.2, 0.25) is 0 Å². The highest BCUT2D eigenvalue weighted by atomic mass is 19.1. The van der Waals surface area contributed by atoms with E-state index in [4.69, 9.17) is 9.47 Å². The van der Waals surface area contributed by atoms with Crippen molar-refractivity contribution in [2.75, 3.05) is 31.2 Å². The molecule has 0 bridgehead atoms. The molecule has 2 aromatic carbocycles. The number of carbonyl (C=O) groups is 3. The van der Waals surface area contributed by atoms with Gasteiger partial charge < -0.3 is 19.3 Å². The van der Waals surface area contributed by atoms with Gasteiger partial charge in [-0.2, -0.15) is 0 Å². The Morgan fingerprint density at radius 2 is 2.00 bits per heavy atom. The SMILES string of the molecule is CCN(Cc1cccc(F)c1)C(=O)COC(=O)CCN1C(=O)COc2ccccc21. The molecule has 1 heterocycles. The first-order chi connectivity index (χ1) is 14.5. The summed E-state index contributed by atoms with van der Waals surface area (Å²) in [5, 5.41) is 0. The van der Waals surface area contributed by atoms with Crippen LogP contribution in [0.5, 0.6) is 5.75 Å². The van der Waals surface area contributed by atoms with Gasteiger partial charge in [-0.1, -0.05) is 24.3 Å². The van der Waals surface area contributed by atoms with Crippen LogP contribution >= 0.6 is 0 Å². The van der Waals surface area contributed by atoms with Crippen molar-refractivity contribution < 1.29 is 28.2 Å². The Balaban J connectivity index is 1.49. The van der Waals surface area contributed by atoms with Crippen molar-refractivity contribution in [1.82, 2.24) is 4.90 Å². The Kier molecular flexibility index (Phi) is 7.00. The number of hydrogen-bond acceptors (Lipinski definition) is 5. The maximum absolute atomic E-state index is 13.3. The van der Waals surface area contributed by atoms with Crippen LogP contribution in [0.25, 0.3) is 0 Å². The number of fused-ring (bicyclic) bond motifs is 1. The molecule has 0 atom stereocenters. The summed E-state index contributed by atoms with van der Waals surface area (Å²) < 4.78 is 23.8. The fourth-order valence-corrected chi connectivity index (χ4v) is 3.14. The maximum atomic E-state index is 13.3. The number of esters is 1. The zero-order valence-corrected chi connectivity index (χ0v) is 16.7. The molecular weight excluding hydrogens is 391 g/mol. The first-order valence-corrected chi connectivity index (χ1v) is 9.68. The van der Waals surface area contributed by atoms with Crippen LogP contribution in [0.15, 0.2) is 48.5 Å². The fourth-order valence-electron chi connectivity index (χ4n) is 3.14. The molecule has 0 aromatic heterocycles. The normalized spacial score (nSPS) is 12.7. The first kappa shape index (κ1) is 21.3. The van der Waals surface area contributed by atoms with E-state index in [0.29, 0.717) is 23.5 Å². The Hall–Kier alpha value is -3.42. The van der Waals surface area contributed by atoms with Crippen LogP contribution in [0.4, 0.5) is 10.1 Å². The number of nitrogens with zero attached hydrogens (tertiary/aromatic N) is 2. The summed E-state index contributed by atoms with van der Waals surface area (Å²) in [6, 6.07) is 13.1. The van der Waals surface area contributed by atoms with Crippen molar-refractivity contribution >= 4 is 23.5 Å². The maximum Gasteiger partial charge on any atom is 0.308 e. The minimum atomic E-state index is -0.582. The standard InChI is InChI=1S/C22H23FN2O5/c1-2-24(13-16-6-5-7-17(23)12-16)20(26)14-30-22(28)10-11-25-18-8-3-4-9-19(18)29-15-21(25)27/h3-9,12H,2,10-11,13-15H2,1H3. The Bertz CT molecular complexity index is 933. The molecule has 30 heavy (non-hydrogen) atoms. The second kappa shape index (κ2) is 9.87. The van der Waals surface area contributed by atoms with Crippen LogP contribution in [0.1, 0.15) is 18.9 Å². The Labute approximate surface area is 174 Å². The fraction of sp³-hybridized carbons (Fsp3) is 0.318. The van der Waals surface area contributed by atoms with Gasteiger partial charge in [0.25, 0.3) is 11.8 Å². The molecule has 7 nitrogen and oxygen atoms in total. The second-order valence-corrected chi connectivity index (χ2v) is 6.75. The molecule has 3 rings (SSSR count). The monoisotopic (exact) mass is 414 g/mol. The molecule has 158 valence electrons. The van der Waals surface area contributed by atoms with E-state index in [1.165, 1.54) is 21.9 Å². The van der Waals surface area contributed by atoms with E-state index in [0.717, 1.165) is 0 Å². The van der Waals surface area contributed by atoms with Crippen LogP contribution in [0, 0.1) is 5.82 Å². The molecule has 0 saturated carbocycles. The molecule has 2 aromatic rings. The number of hydrogen-bond donors (Lipinski definition) is 0. The number of ether oxygens (including phenoxy) is 2. The molecule has 0 unspecified atom stereocenters. The molecule has 0 N–H and O–H groups in total.